The van der Waals surface area contributed by atoms with E-state index in [1.54, 1.807) is 79.0 Å². The van der Waals surface area contributed by atoms with Gasteiger partial charge in [-0.3, -0.25) is 43.4 Å². The van der Waals surface area contributed by atoms with E-state index >= 15 is 0 Å². The van der Waals surface area contributed by atoms with E-state index in [4.69, 9.17) is 19.9 Å². The number of ether oxygens (including phenoxy) is 3. The average Bonchev–Trinajstić information content (AvgIpc) is 3.74. The standard InChI is InChI=1S/C53H66N12O12/c1-33(2)48(60-43(66)9-5-4-6-23-64-45(68)18-19-46(64)69)51(72)59-40(8-7-22-55-52(54)73)50(71)58-35-12-10-34(11-13-35)31-77-53(74)65(30-36-14-17-42-49(57-36)61-44(67)32-76-42)37-20-24-62(25-21-37)26-27-63-41-28-38(75-3)15-16-39(41)56-29-47(63)70/h10-19,28-29,33,37,40,48H,4-9,20-27,30-32H2,1-3H3,(H,58,71)(H,59,72)(H,60,66)(H3,54,55,73)(H,57,61,67)/t40-,48-/m0/s1. The molecule has 24 nitrogen and oxygen atoms in total. The summed E-state index contributed by atoms with van der Waals surface area (Å²) in [6, 6.07) is 12.4. The number of hydrogen-bond acceptors (Lipinski definition) is 15. The van der Waals surface area contributed by atoms with Gasteiger partial charge in [0, 0.05) is 75.6 Å². The number of aromatic nitrogens is 3. The highest BCUT2D eigenvalue weighted by molar-refractivity contribution is 6.12. The predicted molar refractivity (Wildman–Crippen MR) is 281 cm³/mol. The molecule has 0 spiro atoms. The molecule has 77 heavy (non-hydrogen) atoms. The van der Waals surface area contributed by atoms with Crippen molar-refractivity contribution in [3.8, 4) is 11.5 Å². The molecular formula is C53H66N12O12. The molecule has 0 unspecified atom stereocenters. The summed E-state index contributed by atoms with van der Waals surface area (Å²) in [5.41, 5.74) is 7.86. The molecule has 1 fully saturated rings. The van der Waals surface area contributed by atoms with Gasteiger partial charge in [0.15, 0.2) is 18.2 Å². The number of likely N-dealkylation sites (tertiary alicyclic amines) is 1. The Balaban J connectivity index is 0.945. The van der Waals surface area contributed by atoms with Crippen LogP contribution < -0.4 is 47.4 Å². The minimum Gasteiger partial charge on any atom is -0.497 e. The largest absolute Gasteiger partial charge is 0.497 e. The molecule has 9 amide bonds. The van der Waals surface area contributed by atoms with Gasteiger partial charge in [-0.25, -0.2) is 19.6 Å². The first-order chi connectivity index (χ1) is 37.0. The molecule has 24 heteroatoms. The number of nitrogens with one attached hydrogen (secondary N) is 5. The summed E-state index contributed by atoms with van der Waals surface area (Å²) < 4.78 is 18.5. The Morgan fingerprint density at radius 1 is 0.883 bits per heavy atom. The summed E-state index contributed by atoms with van der Waals surface area (Å²) >= 11 is 0. The maximum atomic E-state index is 14.1. The van der Waals surface area contributed by atoms with Gasteiger partial charge < -0.3 is 56.0 Å². The van der Waals surface area contributed by atoms with Crippen LogP contribution in [0.2, 0.25) is 0 Å². The van der Waals surface area contributed by atoms with Gasteiger partial charge in [-0.2, -0.15) is 0 Å². The lowest BCUT2D eigenvalue weighted by Gasteiger charge is -2.38. The molecule has 7 rings (SSSR count). The molecule has 0 saturated carbocycles. The zero-order valence-corrected chi connectivity index (χ0v) is 43.4. The number of carbonyl (C=O) groups excluding carboxylic acids is 8. The number of anilines is 2. The van der Waals surface area contributed by atoms with Gasteiger partial charge in [0.2, 0.25) is 17.7 Å². The Hall–Kier alpha value is -8.41. The average molecular weight is 1060 g/mol. The van der Waals surface area contributed by atoms with E-state index in [2.05, 4.69) is 41.5 Å². The molecule has 5 heterocycles. The van der Waals surface area contributed by atoms with Crippen molar-refractivity contribution in [2.45, 2.75) is 103 Å². The molecule has 4 aromatic rings. The molecule has 7 N–H and O–H groups in total. The molecular weight excluding hydrogens is 997 g/mol. The number of piperidine rings is 1. The molecule has 1 saturated heterocycles. The van der Waals surface area contributed by atoms with Crippen molar-refractivity contribution in [2.75, 3.05) is 57.1 Å². The monoisotopic (exact) mass is 1060 g/mol. The number of benzene rings is 2. The van der Waals surface area contributed by atoms with Crippen LogP contribution in [-0.4, -0.2) is 141 Å². The lowest BCUT2D eigenvalue weighted by molar-refractivity contribution is -0.137. The second-order valence-corrected chi connectivity index (χ2v) is 19.3. The highest BCUT2D eigenvalue weighted by atomic mass is 16.6. The van der Waals surface area contributed by atoms with Crippen molar-refractivity contribution in [3.63, 3.8) is 0 Å². The topological polar surface area (TPSA) is 308 Å². The van der Waals surface area contributed by atoms with Gasteiger partial charge >= 0.3 is 12.1 Å². The Morgan fingerprint density at radius 2 is 1.64 bits per heavy atom. The smallest absolute Gasteiger partial charge is 0.410 e. The van der Waals surface area contributed by atoms with Crippen LogP contribution in [0.5, 0.6) is 11.5 Å². The Bertz CT molecular complexity index is 2880. The van der Waals surface area contributed by atoms with E-state index in [0.29, 0.717) is 97.8 Å². The number of rotatable bonds is 25. The number of pyridine rings is 1. The van der Waals surface area contributed by atoms with Crippen LogP contribution in [0.4, 0.5) is 21.1 Å². The lowest BCUT2D eigenvalue weighted by Crippen LogP contribution is -2.54. The first-order valence-electron chi connectivity index (χ1n) is 25.7. The molecule has 0 aliphatic carbocycles. The van der Waals surface area contributed by atoms with Crippen molar-refractivity contribution in [1.29, 1.82) is 0 Å². The third-order valence-corrected chi connectivity index (χ3v) is 13.4. The summed E-state index contributed by atoms with van der Waals surface area (Å²) in [7, 11) is 1.57. The van der Waals surface area contributed by atoms with Crippen molar-refractivity contribution in [3.05, 3.63) is 94.6 Å². The molecule has 0 bridgehead atoms. The van der Waals surface area contributed by atoms with Gasteiger partial charge in [-0.05, 0) is 86.4 Å². The van der Waals surface area contributed by atoms with Crippen LogP contribution in [0.3, 0.4) is 0 Å². The number of primary amides is 1. The number of methoxy groups -OCH3 is 1. The van der Waals surface area contributed by atoms with E-state index < -0.39 is 36.0 Å². The minimum absolute atomic E-state index is 0.0749. The summed E-state index contributed by atoms with van der Waals surface area (Å²) in [5.74, 6) is -1.63. The fraction of sp³-hybridized carbons (Fsp3) is 0.453. The fourth-order valence-corrected chi connectivity index (χ4v) is 9.16. The number of nitrogens with zero attached hydrogens (tertiary/aromatic N) is 6. The van der Waals surface area contributed by atoms with Crippen molar-refractivity contribution in [1.82, 2.24) is 45.2 Å². The van der Waals surface area contributed by atoms with Gasteiger partial charge in [0.05, 0.1) is 36.6 Å². The van der Waals surface area contributed by atoms with Gasteiger partial charge in [0.25, 0.3) is 23.3 Å². The van der Waals surface area contributed by atoms with Crippen LogP contribution in [-0.2, 0) is 53.2 Å². The third kappa shape index (κ3) is 15.8. The summed E-state index contributed by atoms with van der Waals surface area (Å²) in [5, 5.41) is 13.6. The van der Waals surface area contributed by atoms with E-state index in [1.807, 2.05) is 6.07 Å². The van der Waals surface area contributed by atoms with Crippen molar-refractivity contribution < 1.29 is 52.6 Å². The van der Waals surface area contributed by atoms with Crippen LogP contribution in [0.1, 0.15) is 76.5 Å². The van der Waals surface area contributed by atoms with E-state index in [9.17, 15) is 43.2 Å². The first-order valence-corrected chi connectivity index (χ1v) is 25.7. The molecule has 2 atom stereocenters. The van der Waals surface area contributed by atoms with Gasteiger partial charge in [0.1, 0.15) is 24.4 Å². The number of fused-ring (bicyclic) bond motifs is 2. The lowest BCUT2D eigenvalue weighted by atomic mass is 10.0. The van der Waals surface area contributed by atoms with Gasteiger partial charge in [-0.1, -0.05) is 32.4 Å². The van der Waals surface area contributed by atoms with Crippen molar-refractivity contribution >= 4 is 70.1 Å². The molecule has 410 valence electrons. The Morgan fingerprint density at radius 3 is 2.35 bits per heavy atom. The maximum Gasteiger partial charge on any atom is 0.410 e. The maximum absolute atomic E-state index is 14.1. The van der Waals surface area contributed by atoms with Crippen LogP contribution in [0, 0.1) is 5.92 Å². The normalized spacial score (nSPS) is 15.3. The van der Waals surface area contributed by atoms with E-state index in [-0.39, 0.29) is 99.1 Å². The molecule has 3 aliphatic heterocycles. The SMILES string of the molecule is COc1ccc2ncc(=O)n(CCN3CCC(N(Cc4ccc5c(n4)NC(=O)CO5)C(=O)OCc4ccc(NC(=O)[C@H](CCCNC(N)=O)NC(=O)[C@@H](NC(=O)CCCCCN5C(=O)C=CC5=O)C(C)C)cc4)CC3)c2c1. The van der Waals surface area contributed by atoms with Crippen molar-refractivity contribution in [2.24, 2.45) is 11.7 Å². The van der Waals surface area contributed by atoms with E-state index in [0.717, 1.165) is 4.90 Å². The third-order valence-electron chi connectivity index (χ3n) is 13.4. The number of imide groups is 1. The fourth-order valence-electron chi connectivity index (χ4n) is 9.16. The van der Waals surface area contributed by atoms with E-state index in [1.165, 1.54) is 18.3 Å². The van der Waals surface area contributed by atoms with Crippen LogP contribution in [0.25, 0.3) is 11.0 Å². The quantitative estimate of drug-likeness (QED) is 0.0411. The molecule has 2 aromatic carbocycles. The predicted octanol–water partition coefficient (Wildman–Crippen LogP) is 2.93. The second kappa shape index (κ2) is 26.9. The Kier molecular flexibility index (Phi) is 19.7. The second-order valence-electron chi connectivity index (χ2n) is 19.3. The van der Waals surface area contributed by atoms with Crippen LogP contribution >= 0.6 is 0 Å². The van der Waals surface area contributed by atoms with Crippen LogP contribution in [0.15, 0.2) is 77.7 Å². The zero-order chi connectivity index (χ0) is 55.0. The zero-order valence-electron chi connectivity index (χ0n) is 43.4. The summed E-state index contributed by atoms with van der Waals surface area (Å²) in [4.78, 5) is 128. The first kappa shape index (κ1) is 56.3. The minimum atomic E-state index is -1.08. The number of unbranched alkanes of at least 4 members (excludes halogenated alkanes) is 2. The molecule has 2 aromatic heterocycles. The number of hydrogen-bond donors (Lipinski definition) is 6. The summed E-state index contributed by atoms with van der Waals surface area (Å²) in [6.45, 7) is 6.00. The highest BCUT2D eigenvalue weighted by Gasteiger charge is 2.32. The number of nitrogens with two attached hydrogens (primary N) is 1. The molecule has 0 radical (unpaired) electrons. The number of amides is 9. The number of carbonyl (C=O) groups is 8. The highest BCUT2D eigenvalue weighted by Crippen LogP contribution is 2.28. The molecule has 3 aliphatic rings. The Labute approximate surface area is 444 Å². The summed E-state index contributed by atoms with van der Waals surface area (Å²) in [6.07, 6.45) is 6.41. The number of urea groups is 1. The van der Waals surface area contributed by atoms with Gasteiger partial charge in [-0.15, -0.1) is 0 Å².